The number of methoxy groups -OCH3 is 3. The molecule has 17 atom stereocenters. The van der Waals surface area contributed by atoms with Crippen molar-refractivity contribution in [3.63, 3.8) is 0 Å². The summed E-state index contributed by atoms with van der Waals surface area (Å²) in [5, 5.41) is 36.2. The van der Waals surface area contributed by atoms with Gasteiger partial charge < -0.3 is 43.9 Å². The van der Waals surface area contributed by atoms with Gasteiger partial charge >= 0.3 is 5.97 Å². The molecule has 1 aliphatic carbocycles. The molecule has 1 aromatic carbocycles. The first-order valence-corrected chi connectivity index (χ1v) is 27.7. The Labute approximate surface area is 446 Å². The van der Waals surface area contributed by atoms with Crippen LogP contribution in [-0.4, -0.2) is 144 Å². The lowest BCUT2D eigenvalue weighted by Gasteiger charge is -2.43. The van der Waals surface area contributed by atoms with Crippen molar-refractivity contribution in [2.24, 2.45) is 35.5 Å². The maximum absolute atomic E-state index is 14.5. The molecule has 3 N–H and O–H groups in total. The first-order chi connectivity index (χ1) is 35.7. The summed E-state index contributed by atoms with van der Waals surface area (Å²) in [7, 11) is 4.53. The highest BCUT2D eigenvalue weighted by molar-refractivity contribution is 6.39. The summed E-state index contributed by atoms with van der Waals surface area (Å²) in [5.74, 6) is -8.42. The van der Waals surface area contributed by atoms with Gasteiger partial charge in [0.25, 0.3) is 11.7 Å². The van der Waals surface area contributed by atoms with Gasteiger partial charge in [-0.2, -0.15) is 0 Å². The monoisotopic (exact) mass is 1050 g/mol. The Hall–Kier alpha value is -4.13. The van der Waals surface area contributed by atoms with Gasteiger partial charge in [-0.3, -0.25) is 24.0 Å². The Bertz CT molecular complexity index is 2150. The minimum atomic E-state index is -2.47. The van der Waals surface area contributed by atoms with Gasteiger partial charge in [0.2, 0.25) is 5.79 Å². The van der Waals surface area contributed by atoms with E-state index in [-0.39, 0.29) is 67.3 Å². The lowest BCUT2D eigenvalue weighted by Crippen LogP contribution is -2.61. The second kappa shape index (κ2) is 28.5. The van der Waals surface area contributed by atoms with E-state index in [9.17, 15) is 39.3 Å². The summed E-state index contributed by atoms with van der Waals surface area (Å²) in [6.45, 7) is 16.8. The van der Waals surface area contributed by atoms with Crippen LogP contribution in [0, 0.1) is 35.5 Å². The number of hydroxylamine groups is 1. The summed E-state index contributed by atoms with van der Waals surface area (Å²) >= 11 is 0. The van der Waals surface area contributed by atoms with Crippen LogP contribution in [0.5, 0.6) is 0 Å². The van der Waals surface area contributed by atoms with Crippen LogP contribution >= 0.6 is 0 Å². The molecule has 16 nitrogen and oxygen atoms in total. The van der Waals surface area contributed by atoms with Gasteiger partial charge in [0, 0.05) is 58.5 Å². The lowest BCUT2D eigenvalue weighted by molar-refractivity contribution is -0.265. The molecule has 75 heavy (non-hydrogen) atoms. The molecule has 0 aromatic heterocycles. The molecule has 0 spiro atoms. The van der Waals surface area contributed by atoms with Crippen molar-refractivity contribution in [2.45, 2.75) is 206 Å². The van der Waals surface area contributed by atoms with Gasteiger partial charge in [-0.05, 0) is 125 Å². The SMILES string of the molecule is CC.COC1CC2CCC(C)C(O)(O2)C(=O)C(=O)N2CCCCC2C(=O)OC(C(C)CC2CCC(O)C(OC)C2)CC(=O)C(C)/C=C(\C)C(O)C(OC)C(=O)C(C)CC(C)C2C=CC(/C=C/1C)ON2c1ccccc1. The number of carbonyl (C=O) groups is 5. The van der Waals surface area contributed by atoms with Crippen molar-refractivity contribution in [3.8, 4) is 0 Å². The number of fused-ring (bicyclic) bond motifs is 16. The number of aliphatic hydroxyl groups is 3. The molecule has 7 rings (SSSR count). The summed E-state index contributed by atoms with van der Waals surface area (Å²) in [6, 6.07) is 8.24. The number of nitrogens with zero attached hydrogens (tertiary/aromatic N) is 2. The molecule has 420 valence electrons. The van der Waals surface area contributed by atoms with Gasteiger partial charge in [0.15, 0.2) is 5.78 Å². The van der Waals surface area contributed by atoms with Crippen LogP contribution in [0.15, 0.2) is 65.8 Å². The molecule has 1 saturated carbocycles. The third kappa shape index (κ3) is 15.3. The Morgan fingerprint density at radius 2 is 1.52 bits per heavy atom. The normalized spacial score (nSPS) is 38.3. The Morgan fingerprint density at radius 1 is 0.813 bits per heavy atom. The second-order valence-electron chi connectivity index (χ2n) is 21.9. The van der Waals surface area contributed by atoms with E-state index in [1.54, 1.807) is 41.1 Å². The quantitative estimate of drug-likeness (QED) is 0.135. The molecule has 17 unspecified atom stereocenters. The minimum absolute atomic E-state index is 0.0716. The van der Waals surface area contributed by atoms with E-state index < -0.39 is 90.0 Å². The molecule has 4 bridgehead atoms. The van der Waals surface area contributed by atoms with Crippen molar-refractivity contribution in [3.05, 3.63) is 65.8 Å². The molecule has 5 aliphatic heterocycles. The number of piperidine rings is 1. The fraction of sp³-hybridized carbons (Fsp3) is 0.712. The zero-order chi connectivity index (χ0) is 55.3. The number of ether oxygens (including phenoxy) is 5. The number of para-hydroxylation sites is 1. The Balaban J connectivity index is 0.00000514. The van der Waals surface area contributed by atoms with Crippen LogP contribution in [0.3, 0.4) is 0 Å². The summed E-state index contributed by atoms with van der Waals surface area (Å²) < 4.78 is 29.9. The van der Waals surface area contributed by atoms with Gasteiger partial charge in [0.1, 0.15) is 36.2 Å². The van der Waals surface area contributed by atoms with Crippen molar-refractivity contribution in [2.75, 3.05) is 32.9 Å². The number of ketones is 3. The van der Waals surface area contributed by atoms with E-state index in [1.807, 2.05) is 82.2 Å². The van der Waals surface area contributed by atoms with Crippen molar-refractivity contribution >= 4 is 34.9 Å². The van der Waals surface area contributed by atoms with E-state index in [1.165, 1.54) is 12.0 Å². The molecule has 6 aliphatic rings. The number of carbonyl (C=O) groups excluding carboxylic acids is 5. The molecule has 0 radical (unpaired) electrons. The lowest BCUT2D eigenvalue weighted by atomic mass is 9.78. The number of Topliss-reactive ketones (excluding diaryl/α,β-unsaturated/α-hetero) is 3. The average molecular weight is 1050 g/mol. The fourth-order valence-corrected chi connectivity index (χ4v) is 11.8. The molecule has 1 aromatic rings. The standard InChI is InChI=1S/C57H84N2O14.C2H6/c1-33-26-37(5)51(62)53(70-10)52(63)38(6)27-34(2)47(61)32-49(35(3)28-40-20-24-46(60)50(30-40)69-9)71-56(66)45-18-14-15-25-58(45)55(65)54(64)57(67)39(7)19-21-42(72-57)31-48(68-8)36(4)29-43-22-23-44(33)59(73-43)41-16-12-11-13-17-41;1-2/h11-13,16-17,22-23,27,29,33-35,37,39-40,42-46,48-50,52-53,60,63,67H,14-15,18-21,24-26,28,30-32H2,1-10H3;1-2H3/b36-29+,38-27+;. The van der Waals surface area contributed by atoms with Crippen molar-refractivity contribution < 1.29 is 67.8 Å². The molecule has 16 heteroatoms. The van der Waals surface area contributed by atoms with E-state index in [0.29, 0.717) is 63.4 Å². The Morgan fingerprint density at radius 3 is 2.19 bits per heavy atom. The third-order valence-corrected chi connectivity index (χ3v) is 16.5. The third-order valence-electron chi connectivity index (χ3n) is 16.5. The number of anilines is 1. The van der Waals surface area contributed by atoms with Gasteiger partial charge in [-0.15, -0.1) is 0 Å². The number of hydrogen-bond donors (Lipinski definition) is 3. The summed E-state index contributed by atoms with van der Waals surface area (Å²) in [4.78, 5) is 79.7. The number of amides is 1. The van der Waals surface area contributed by atoms with Gasteiger partial charge in [-0.25, -0.2) is 9.86 Å². The molecular formula is C59H90N2O14. The topological polar surface area (TPSA) is 208 Å². The van der Waals surface area contributed by atoms with E-state index in [4.69, 9.17) is 28.5 Å². The zero-order valence-corrected chi connectivity index (χ0v) is 46.9. The smallest absolute Gasteiger partial charge is 0.329 e. The highest BCUT2D eigenvalue weighted by Gasteiger charge is 2.53. The fourth-order valence-electron chi connectivity index (χ4n) is 11.8. The predicted molar refractivity (Wildman–Crippen MR) is 285 cm³/mol. The van der Waals surface area contributed by atoms with Crippen LogP contribution in [0.1, 0.15) is 139 Å². The van der Waals surface area contributed by atoms with Crippen molar-refractivity contribution in [1.29, 1.82) is 0 Å². The average Bonchev–Trinajstić information content (AvgIpc) is 3.41. The largest absolute Gasteiger partial charge is 0.460 e. The van der Waals surface area contributed by atoms with Crippen LogP contribution in [-0.2, 0) is 52.5 Å². The second-order valence-corrected chi connectivity index (χ2v) is 21.9. The number of allylic oxidation sites excluding steroid dienone is 1. The molecule has 3 fully saturated rings. The number of hydrogen-bond acceptors (Lipinski definition) is 15. The molecule has 1 amide bonds. The van der Waals surface area contributed by atoms with Gasteiger partial charge in [0.05, 0.1) is 36.1 Å². The number of aliphatic hydroxyl groups excluding tert-OH is 2. The minimum Gasteiger partial charge on any atom is -0.460 e. The van der Waals surface area contributed by atoms with E-state index in [2.05, 4.69) is 13.0 Å². The number of benzene rings is 1. The number of esters is 1. The summed E-state index contributed by atoms with van der Waals surface area (Å²) in [6.07, 6.45) is 6.48. The highest BCUT2D eigenvalue weighted by atomic mass is 16.7. The highest BCUT2D eigenvalue weighted by Crippen LogP contribution is 2.39. The molecule has 2 saturated heterocycles. The van der Waals surface area contributed by atoms with E-state index in [0.717, 1.165) is 11.3 Å². The summed E-state index contributed by atoms with van der Waals surface area (Å²) in [5.41, 5.74) is 2.00. The van der Waals surface area contributed by atoms with Crippen molar-refractivity contribution in [1.82, 2.24) is 4.90 Å². The zero-order valence-electron chi connectivity index (χ0n) is 46.9. The van der Waals surface area contributed by atoms with Crippen LogP contribution in [0.2, 0.25) is 0 Å². The maximum atomic E-state index is 14.5. The predicted octanol–water partition coefficient (Wildman–Crippen LogP) is 7.84. The van der Waals surface area contributed by atoms with Crippen LogP contribution in [0.4, 0.5) is 5.69 Å². The maximum Gasteiger partial charge on any atom is 0.329 e. The first kappa shape index (κ1) is 61.7. The van der Waals surface area contributed by atoms with E-state index >= 15 is 0 Å². The Kier molecular flexibility index (Phi) is 23.4. The molecular weight excluding hydrogens is 961 g/mol. The molecule has 5 heterocycles. The van der Waals surface area contributed by atoms with Crippen LogP contribution in [0.25, 0.3) is 0 Å². The first-order valence-electron chi connectivity index (χ1n) is 27.7. The van der Waals surface area contributed by atoms with Gasteiger partial charge in [-0.1, -0.05) is 84.9 Å². The number of rotatable bonds is 7. The van der Waals surface area contributed by atoms with Crippen LogP contribution < -0.4 is 5.06 Å².